The van der Waals surface area contributed by atoms with Crippen molar-refractivity contribution >= 4 is 0 Å². The molecule has 24 heavy (non-hydrogen) atoms. The van der Waals surface area contributed by atoms with Gasteiger partial charge in [-0.15, -0.1) is 6.58 Å². The summed E-state index contributed by atoms with van der Waals surface area (Å²) in [5.74, 6) is 1.45. The van der Waals surface area contributed by atoms with Crippen LogP contribution in [0.2, 0.25) is 0 Å². The summed E-state index contributed by atoms with van der Waals surface area (Å²) in [6.07, 6.45) is 9.92. The van der Waals surface area contributed by atoms with E-state index < -0.39 is 0 Å². The zero-order valence-corrected chi connectivity index (χ0v) is 14.5. The van der Waals surface area contributed by atoms with Crippen LogP contribution in [0.5, 0.6) is 0 Å². The van der Waals surface area contributed by atoms with Crippen molar-refractivity contribution in [3.63, 3.8) is 0 Å². The third-order valence-electron chi connectivity index (χ3n) is 5.51. The molecule has 0 atom stereocenters. The molecule has 2 nitrogen and oxygen atoms in total. The molecule has 1 heterocycles. The van der Waals surface area contributed by atoms with Crippen LogP contribution in [-0.4, -0.2) is 19.5 Å². The van der Waals surface area contributed by atoms with E-state index in [1.165, 1.54) is 12.0 Å². The summed E-state index contributed by atoms with van der Waals surface area (Å²) in [6.45, 7) is 5.43. The van der Waals surface area contributed by atoms with Gasteiger partial charge in [0.2, 0.25) is 0 Å². The molecule has 0 N–H and O–H groups in total. The van der Waals surface area contributed by atoms with Crippen molar-refractivity contribution in [2.45, 2.75) is 57.2 Å². The molecule has 0 radical (unpaired) electrons. The highest BCUT2D eigenvalue weighted by Crippen LogP contribution is 2.39. The van der Waals surface area contributed by atoms with Gasteiger partial charge in [-0.3, -0.25) is 0 Å². The van der Waals surface area contributed by atoms with Crippen LogP contribution in [0.1, 0.15) is 56.4 Å². The highest BCUT2D eigenvalue weighted by atomic mass is 19.1. The largest absolute Gasteiger partial charge is 0.352 e. The molecule has 1 aliphatic heterocycles. The first-order valence-electron chi connectivity index (χ1n) is 9.36. The number of ether oxygens (including phenoxy) is 2. The van der Waals surface area contributed by atoms with Gasteiger partial charge in [0.1, 0.15) is 5.82 Å². The predicted octanol–water partition coefficient (Wildman–Crippen LogP) is 5.44. The van der Waals surface area contributed by atoms with Gasteiger partial charge in [0, 0.05) is 11.8 Å². The molecule has 0 spiro atoms. The summed E-state index contributed by atoms with van der Waals surface area (Å²) in [7, 11) is 0. The van der Waals surface area contributed by atoms with E-state index >= 15 is 0 Å². The average molecular weight is 332 g/mol. The number of rotatable bonds is 6. The minimum absolute atomic E-state index is 0.0187. The van der Waals surface area contributed by atoms with Crippen molar-refractivity contribution in [3.05, 3.63) is 48.3 Å². The predicted molar refractivity (Wildman–Crippen MR) is 94.3 cm³/mol. The maximum atomic E-state index is 13.1. The molecule has 1 aliphatic carbocycles. The average Bonchev–Trinajstić information content (AvgIpc) is 2.63. The van der Waals surface area contributed by atoms with Gasteiger partial charge in [0.25, 0.3) is 0 Å². The second-order valence-corrected chi connectivity index (χ2v) is 7.28. The third-order valence-corrected chi connectivity index (χ3v) is 5.51. The Labute approximate surface area is 145 Å². The van der Waals surface area contributed by atoms with E-state index in [1.807, 2.05) is 18.2 Å². The minimum atomic E-state index is -0.154. The fourth-order valence-electron chi connectivity index (χ4n) is 4.01. The summed E-state index contributed by atoms with van der Waals surface area (Å²) in [5, 5.41) is 0. The molecule has 0 bridgehead atoms. The summed E-state index contributed by atoms with van der Waals surface area (Å²) < 4.78 is 25.1. The Kier molecular flexibility index (Phi) is 6.44. The van der Waals surface area contributed by atoms with Crippen molar-refractivity contribution in [1.82, 2.24) is 0 Å². The molecule has 2 fully saturated rings. The molecule has 0 unspecified atom stereocenters. The molecule has 3 rings (SSSR count). The first kappa shape index (κ1) is 17.6. The maximum absolute atomic E-state index is 13.1. The standard InChI is InChI=1S/C21H29FO2/c1-2-3-4-5-16-14-23-21(24-15-16)19-8-6-17(7-9-19)18-10-12-20(22)13-11-18/h2,10-13,16-17,19,21H,1,3-9,14-15H2. The monoisotopic (exact) mass is 332 g/mol. The van der Waals surface area contributed by atoms with Crippen LogP contribution in [0.4, 0.5) is 4.39 Å². The molecular formula is C21H29FO2. The second-order valence-electron chi connectivity index (χ2n) is 7.28. The van der Waals surface area contributed by atoms with Crippen LogP contribution in [0.25, 0.3) is 0 Å². The lowest BCUT2D eigenvalue weighted by Crippen LogP contribution is -2.38. The van der Waals surface area contributed by atoms with Crippen molar-refractivity contribution < 1.29 is 13.9 Å². The summed E-state index contributed by atoms with van der Waals surface area (Å²) in [4.78, 5) is 0. The fourth-order valence-corrected chi connectivity index (χ4v) is 4.01. The maximum Gasteiger partial charge on any atom is 0.160 e. The topological polar surface area (TPSA) is 18.5 Å². The Morgan fingerprint density at radius 3 is 2.33 bits per heavy atom. The zero-order valence-electron chi connectivity index (χ0n) is 14.5. The Morgan fingerprint density at radius 2 is 1.71 bits per heavy atom. The molecule has 0 aromatic heterocycles. The van der Waals surface area contributed by atoms with Crippen LogP contribution in [0, 0.1) is 17.7 Å². The highest BCUT2D eigenvalue weighted by Gasteiger charge is 2.32. The smallest absolute Gasteiger partial charge is 0.160 e. The Balaban J connectivity index is 1.41. The molecule has 1 saturated carbocycles. The van der Waals surface area contributed by atoms with Crippen LogP contribution < -0.4 is 0 Å². The number of unbranched alkanes of at least 4 members (excludes halogenated alkanes) is 1. The van der Waals surface area contributed by atoms with Gasteiger partial charge < -0.3 is 9.47 Å². The molecule has 1 saturated heterocycles. The molecular weight excluding hydrogens is 303 g/mol. The van der Waals surface area contributed by atoms with Crippen LogP contribution in [0.3, 0.4) is 0 Å². The van der Waals surface area contributed by atoms with Gasteiger partial charge in [0.05, 0.1) is 13.2 Å². The van der Waals surface area contributed by atoms with E-state index in [0.717, 1.165) is 51.7 Å². The number of hydrogen-bond acceptors (Lipinski definition) is 2. The van der Waals surface area contributed by atoms with Crippen LogP contribution in [-0.2, 0) is 9.47 Å². The van der Waals surface area contributed by atoms with Crippen molar-refractivity contribution in [1.29, 1.82) is 0 Å². The Bertz CT molecular complexity index is 497. The first-order chi connectivity index (χ1) is 11.8. The summed E-state index contributed by atoms with van der Waals surface area (Å²) in [5.41, 5.74) is 1.27. The van der Waals surface area contributed by atoms with E-state index in [-0.39, 0.29) is 12.1 Å². The van der Waals surface area contributed by atoms with Gasteiger partial charge in [-0.1, -0.05) is 18.2 Å². The van der Waals surface area contributed by atoms with Gasteiger partial charge in [-0.25, -0.2) is 4.39 Å². The van der Waals surface area contributed by atoms with E-state index in [4.69, 9.17) is 9.47 Å². The van der Waals surface area contributed by atoms with Crippen molar-refractivity contribution in [3.8, 4) is 0 Å². The lowest BCUT2D eigenvalue weighted by Gasteiger charge is -2.37. The Morgan fingerprint density at radius 1 is 1.04 bits per heavy atom. The van der Waals surface area contributed by atoms with Gasteiger partial charge in [0.15, 0.2) is 6.29 Å². The number of halogens is 1. The normalized spacial score (nSPS) is 30.9. The third kappa shape index (κ3) is 4.67. The second kappa shape index (κ2) is 8.77. The van der Waals surface area contributed by atoms with Crippen molar-refractivity contribution in [2.24, 2.45) is 11.8 Å². The van der Waals surface area contributed by atoms with Crippen LogP contribution >= 0.6 is 0 Å². The molecule has 1 aromatic carbocycles. The van der Waals surface area contributed by atoms with Gasteiger partial charge >= 0.3 is 0 Å². The fraction of sp³-hybridized carbons (Fsp3) is 0.619. The van der Waals surface area contributed by atoms with Gasteiger partial charge in [-0.2, -0.15) is 0 Å². The lowest BCUT2D eigenvalue weighted by atomic mass is 9.78. The molecule has 2 aliphatic rings. The number of benzene rings is 1. The number of allylic oxidation sites excluding steroid dienone is 1. The SMILES string of the molecule is C=CCCCC1COC(C2CCC(c3ccc(F)cc3)CC2)OC1. The lowest BCUT2D eigenvalue weighted by molar-refractivity contribution is -0.229. The first-order valence-corrected chi connectivity index (χ1v) is 9.36. The van der Waals surface area contributed by atoms with Crippen molar-refractivity contribution in [2.75, 3.05) is 13.2 Å². The number of hydrogen-bond donors (Lipinski definition) is 0. The van der Waals surface area contributed by atoms with E-state index in [9.17, 15) is 4.39 Å². The molecule has 3 heteroatoms. The highest BCUT2D eigenvalue weighted by molar-refractivity contribution is 5.20. The molecule has 132 valence electrons. The molecule has 0 amide bonds. The Hall–Kier alpha value is -1.19. The summed E-state index contributed by atoms with van der Waals surface area (Å²) >= 11 is 0. The van der Waals surface area contributed by atoms with E-state index in [2.05, 4.69) is 6.58 Å². The van der Waals surface area contributed by atoms with Crippen LogP contribution in [0.15, 0.2) is 36.9 Å². The molecule has 1 aromatic rings. The van der Waals surface area contributed by atoms with E-state index in [1.54, 1.807) is 12.1 Å². The van der Waals surface area contributed by atoms with Gasteiger partial charge in [-0.05, 0) is 68.6 Å². The van der Waals surface area contributed by atoms with E-state index in [0.29, 0.717) is 17.8 Å². The quantitative estimate of drug-likeness (QED) is 0.510. The zero-order chi connectivity index (χ0) is 16.8. The minimum Gasteiger partial charge on any atom is -0.352 e. The summed E-state index contributed by atoms with van der Waals surface area (Å²) in [6, 6.07) is 7.01.